The highest BCUT2D eigenvalue weighted by molar-refractivity contribution is 6.31. The normalized spacial score (nSPS) is 12.5. The Labute approximate surface area is 120 Å². The minimum atomic E-state index is -0.102. The first kappa shape index (κ1) is 14.1. The monoisotopic (exact) mass is 273 g/mol. The number of aryl methyl sites for hydroxylation is 4. The molecule has 0 aliphatic carbocycles. The van der Waals surface area contributed by atoms with E-state index in [0.717, 1.165) is 27.3 Å². The van der Waals surface area contributed by atoms with Crippen molar-refractivity contribution < 1.29 is 0 Å². The summed E-state index contributed by atoms with van der Waals surface area (Å²) in [7, 11) is 0. The highest BCUT2D eigenvalue weighted by atomic mass is 35.5. The molecular formula is C17H20ClN. The van der Waals surface area contributed by atoms with Crippen LogP contribution in [0.5, 0.6) is 0 Å². The van der Waals surface area contributed by atoms with Crippen LogP contribution in [-0.4, -0.2) is 0 Å². The maximum absolute atomic E-state index is 6.41. The van der Waals surface area contributed by atoms with Crippen LogP contribution < -0.4 is 5.73 Å². The number of benzene rings is 2. The van der Waals surface area contributed by atoms with Crippen LogP contribution in [0.2, 0.25) is 5.02 Å². The van der Waals surface area contributed by atoms with E-state index < -0.39 is 0 Å². The van der Waals surface area contributed by atoms with E-state index in [2.05, 4.69) is 45.0 Å². The van der Waals surface area contributed by atoms with Crippen molar-refractivity contribution in [1.29, 1.82) is 0 Å². The van der Waals surface area contributed by atoms with Gasteiger partial charge in [-0.25, -0.2) is 0 Å². The van der Waals surface area contributed by atoms with Crippen molar-refractivity contribution in [2.24, 2.45) is 5.73 Å². The molecule has 0 bridgehead atoms. The van der Waals surface area contributed by atoms with Crippen LogP contribution in [0.3, 0.4) is 0 Å². The van der Waals surface area contributed by atoms with E-state index in [4.69, 9.17) is 17.3 Å². The van der Waals surface area contributed by atoms with Gasteiger partial charge in [0.1, 0.15) is 0 Å². The molecular weight excluding hydrogens is 254 g/mol. The number of halogens is 1. The average molecular weight is 274 g/mol. The fourth-order valence-corrected chi connectivity index (χ4v) is 2.49. The van der Waals surface area contributed by atoms with Gasteiger partial charge in [0.2, 0.25) is 0 Å². The fraction of sp³-hybridized carbons (Fsp3) is 0.294. The van der Waals surface area contributed by atoms with Crippen molar-refractivity contribution in [2.75, 3.05) is 0 Å². The molecule has 2 heteroatoms. The van der Waals surface area contributed by atoms with Crippen LogP contribution in [0.15, 0.2) is 30.3 Å². The van der Waals surface area contributed by atoms with Crippen LogP contribution in [0.1, 0.15) is 39.4 Å². The van der Waals surface area contributed by atoms with Crippen molar-refractivity contribution >= 4 is 11.6 Å². The molecule has 1 nitrogen and oxygen atoms in total. The Hall–Kier alpha value is -1.31. The lowest BCUT2D eigenvalue weighted by molar-refractivity contribution is 0.857. The highest BCUT2D eigenvalue weighted by Crippen LogP contribution is 2.28. The zero-order chi connectivity index (χ0) is 14.2. The molecule has 2 aromatic carbocycles. The van der Waals surface area contributed by atoms with Gasteiger partial charge in [0.25, 0.3) is 0 Å². The molecule has 100 valence electrons. The Kier molecular flexibility index (Phi) is 3.98. The van der Waals surface area contributed by atoms with E-state index in [1.165, 1.54) is 11.1 Å². The minimum Gasteiger partial charge on any atom is -0.320 e. The smallest absolute Gasteiger partial charge is 0.0554 e. The highest BCUT2D eigenvalue weighted by Gasteiger charge is 2.13. The lowest BCUT2D eigenvalue weighted by Crippen LogP contribution is -2.14. The molecule has 0 aliphatic rings. The fourth-order valence-electron chi connectivity index (χ4n) is 2.28. The average Bonchev–Trinajstić information content (AvgIpc) is 2.36. The van der Waals surface area contributed by atoms with Crippen LogP contribution in [0, 0.1) is 27.7 Å². The second-order valence-electron chi connectivity index (χ2n) is 5.28. The van der Waals surface area contributed by atoms with E-state index in [-0.39, 0.29) is 6.04 Å². The molecule has 2 aromatic rings. The number of hydrogen-bond acceptors (Lipinski definition) is 1. The maximum atomic E-state index is 6.41. The molecule has 0 radical (unpaired) electrons. The van der Waals surface area contributed by atoms with E-state index in [1.54, 1.807) is 0 Å². The van der Waals surface area contributed by atoms with E-state index >= 15 is 0 Å². The Bertz CT molecular complexity index is 617. The van der Waals surface area contributed by atoms with Crippen molar-refractivity contribution in [1.82, 2.24) is 0 Å². The summed E-state index contributed by atoms with van der Waals surface area (Å²) in [5.74, 6) is 0. The van der Waals surface area contributed by atoms with Crippen molar-refractivity contribution in [2.45, 2.75) is 33.7 Å². The van der Waals surface area contributed by atoms with Crippen LogP contribution >= 0.6 is 11.6 Å². The van der Waals surface area contributed by atoms with Gasteiger partial charge in [-0.2, -0.15) is 0 Å². The summed E-state index contributed by atoms with van der Waals surface area (Å²) < 4.78 is 0. The number of hydrogen-bond donors (Lipinski definition) is 1. The minimum absolute atomic E-state index is 0.102. The third-order valence-corrected chi connectivity index (χ3v) is 4.18. The second-order valence-corrected chi connectivity index (χ2v) is 5.69. The SMILES string of the molecule is Cc1ccc(C(N)c2cc(C)c(Cl)cc2C)cc1C. The van der Waals surface area contributed by atoms with E-state index in [9.17, 15) is 0 Å². The third kappa shape index (κ3) is 2.83. The van der Waals surface area contributed by atoms with Crippen molar-refractivity contribution in [3.8, 4) is 0 Å². The van der Waals surface area contributed by atoms with Gasteiger partial charge in [-0.15, -0.1) is 0 Å². The summed E-state index contributed by atoms with van der Waals surface area (Å²) in [6.07, 6.45) is 0. The van der Waals surface area contributed by atoms with E-state index in [1.807, 2.05) is 13.0 Å². The molecule has 0 saturated carbocycles. The summed E-state index contributed by atoms with van der Waals surface area (Å²) in [4.78, 5) is 0. The molecule has 2 rings (SSSR count). The van der Waals surface area contributed by atoms with Gasteiger partial charge in [0.15, 0.2) is 0 Å². The summed E-state index contributed by atoms with van der Waals surface area (Å²) >= 11 is 6.14. The van der Waals surface area contributed by atoms with Crippen LogP contribution in [0.25, 0.3) is 0 Å². The third-order valence-electron chi connectivity index (χ3n) is 3.77. The van der Waals surface area contributed by atoms with Gasteiger partial charge in [-0.3, -0.25) is 0 Å². The number of nitrogens with two attached hydrogens (primary N) is 1. The second kappa shape index (κ2) is 5.36. The molecule has 19 heavy (non-hydrogen) atoms. The first-order chi connectivity index (χ1) is 8.90. The lowest BCUT2D eigenvalue weighted by Gasteiger charge is -2.18. The molecule has 0 aliphatic heterocycles. The lowest BCUT2D eigenvalue weighted by atomic mass is 9.92. The van der Waals surface area contributed by atoms with Gasteiger partial charge in [-0.1, -0.05) is 35.9 Å². The Balaban J connectivity index is 2.46. The molecule has 0 heterocycles. The standard InChI is InChI=1S/C17H20ClN/c1-10-5-6-14(7-11(10)2)17(19)15-8-13(4)16(18)9-12(15)3/h5-9,17H,19H2,1-4H3. The van der Waals surface area contributed by atoms with Crippen molar-refractivity contribution in [3.05, 3.63) is 68.7 Å². The number of rotatable bonds is 2. The van der Waals surface area contributed by atoms with Crippen LogP contribution in [0.4, 0.5) is 0 Å². The molecule has 0 fully saturated rings. The molecule has 1 atom stereocenters. The van der Waals surface area contributed by atoms with Gasteiger partial charge >= 0.3 is 0 Å². The van der Waals surface area contributed by atoms with Crippen molar-refractivity contribution in [3.63, 3.8) is 0 Å². The van der Waals surface area contributed by atoms with Gasteiger partial charge in [0.05, 0.1) is 6.04 Å². The molecule has 0 aromatic heterocycles. The molecule has 0 amide bonds. The topological polar surface area (TPSA) is 26.0 Å². The largest absolute Gasteiger partial charge is 0.320 e. The summed E-state index contributed by atoms with van der Waals surface area (Å²) in [6, 6.07) is 10.4. The molecule has 2 N–H and O–H groups in total. The molecule has 0 saturated heterocycles. The Morgan fingerprint density at radius 3 is 2.16 bits per heavy atom. The quantitative estimate of drug-likeness (QED) is 0.849. The Morgan fingerprint density at radius 2 is 1.53 bits per heavy atom. The van der Waals surface area contributed by atoms with Gasteiger partial charge < -0.3 is 5.73 Å². The first-order valence-electron chi connectivity index (χ1n) is 6.49. The summed E-state index contributed by atoms with van der Waals surface area (Å²) in [5, 5.41) is 0.800. The van der Waals surface area contributed by atoms with Gasteiger partial charge in [0, 0.05) is 5.02 Å². The van der Waals surface area contributed by atoms with Gasteiger partial charge in [-0.05, 0) is 67.1 Å². The Morgan fingerprint density at radius 1 is 0.842 bits per heavy atom. The zero-order valence-corrected chi connectivity index (χ0v) is 12.7. The zero-order valence-electron chi connectivity index (χ0n) is 11.9. The molecule has 1 unspecified atom stereocenters. The van der Waals surface area contributed by atoms with E-state index in [0.29, 0.717) is 0 Å². The maximum Gasteiger partial charge on any atom is 0.0554 e. The summed E-state index contributed by atoms with van der Waals surface area (Å²) in [6.45, 7) is 8.30. The summed E-state index contributed by atoms with van der Waals surface area (Å²) in [5.41, 5.74) is 13.5. The predicted molar refractivity (Wildman–Crippen MR) is 82.9 cm³/mol. The molecule has 0 spiro atoms. The first-order valence-corrected chi connectivity index (χ1v) is 6.87. The predicted octanol–water partition coefficient (Wildman–Crippen LogP) is 4.62. The van der Waals surface area contributed by atoms with Crippen LogP contribution in [-0.2, 0) is 0 Å².